The fraction of sp³-hybridized carbons (Fsp3) is 0.308. The highest BCUT2D eigenvalue weighted by Gasteiger charge is 2.36. The smallest absolute Gasteiger partial charge is 0.271 e. The number of rotatable bonds is 4. The molecule has 0 aliphatic rings. The molecule has 1 aromatic carbocycles. The molecular formula is C13H14F4N4. The van der Waals surface area contributed by atoms with Crippen LogP contribution in [0, 0.1) is 5.82 Å². The standard InChI is InChI=1S/C13H14F4N4/c1-2-21-11(5-6-19-21)12(20-18)9-7-8(14)3-4-10(9)13(15,16)17/h3-7,12,20H,2,18H2,1H3. The van der Waals surface area contributed by atoms with Crippen LogP contribution < -0.4 is 11.3 Å². The summed E-state index contributed by atoms with van der Waals surface area (Å²) in [6.07, 6.45) is -3.15. The van der Waals surface area contributed by atoms with Crippen LogP contribution in [-0.2, 0) is 12.7 Å². The number of nitrogens with two attached hydrogens (primary N) is 1. The molecule has 1 aromatic heterocycles. The van der Waals surface area contributed by atoms with Crippen LogP contribution in [0.5, 0.6) is 0 Å². The zero-order valence-corrected chi connectivity index (χ0v) is 11.2. The lowest BCUT2D eigenvalue weighted by Gasteiger charge is -2.22. The third kappa shape index (κ3) is 3.06. The summed E-state index contributed by atoms with van der Waals surface area (Å²) in [6.45, 7) is 2.25. The van der Waals surface area contributed by atoms with Crippen molar-refractivity contribution in [2.45, 2.75) is 25.7 Å². The summed E-state index contributed by atoms with van der Waals surface area (Å²) in [5.41, 5.74) is 1.52. The fourth-order valence-electron chi connectivity index (χ4n) is 2.22. The van der Waals surface area contributed by atoms with Gasteiger partial charge in [-0.2, -0.15) is 18.3 Å². The van der Waals surface area contributed by atoms with E-state index in [0.717, 1.165) is 12.1 Å². The van der Waals surface area contributed by atoms with E-state index in [1.165, 1.54) is 10.9 Å². The van der Waals surface area contributed by atoms with Crippen LogP contribution in [0.2, 0.25) is 0 Å². The van der Waals surface area contributed by atoms with Gasteiger partial charge in [0.15, 0.2) is 0 Å². The van der Waals surface area contributed by atoms with Crippen molar-refractivity contribution in [1.82, 2.24) is 15.2 Å². The Balaban J connectivity index is 2.60. The van der Waals surface area contributed by atoms with E-state index in [2.05, 4.69) is 10.5 Å². The summed E-state index contributed by atoms with van der Waals surface area (Å²) in [5, 5.41) is 3.99. The SMILES string of the molecule is CCn1nccc1C(NN)c1cc(F)ccc1C(F)(F)F. The molecule has 0 aliphatic heterocycles. The first kappa shape index (κ1) is 15.5. The van der Waals surface area contributed by atoms with Crippen molar-refractivity contribution < 1.29 is 17.6 Å². The highest BCUT2D eigenvalue weighted by molar-refractivity contribution is 5.37. The molecule has 0 aliphatic carbocycles. The van der Waals surface area contributed by atoms with E-state index < -0.39 is 23.6 Å². The molecule has 3 N–H and O–H groups in total. The Bertz CT molecular complexity index is 621. The first-order valence-electron chi connectivity index (χ1n) is 6.23. The van der Waals surface area contributed by atoms with Crippen molar-refractivity contribution >= 4 is 0 Å². The normalized spacial score (nSPS) is 13.4. The van der Waals surface area contributed by atoms with Gasteiger partial charge in [-0.15, -0.1) is 0 Å². The number of benzene rings is 1. The number of nitrogens with one attached hydrogen (secondary N) is 1. The van der Waals surface area contributed by atoms with Crippen LogP contribution >= 0.6 is 0 Å². The summed E-state index contributed by atoms with van der Waals surface area (Å²) in [4.78, 5) is 0. The van der Waals surface area contributed by atoms with Gasteiger partial charge in [-0.3, -0.25) is 10.5 Å². The van der Waals surface area contributed by atoms with E-state index in [-0.39, 0.29) is 5.56 Å². The summed E-state index contributed by atoms with van der Waals surface area (Å²) in [6, 6.07) is 2.85. The van der Waals surface area contributed by atoms with E-state index in [1.807, 2.05) is 0 Å². The lowest BCUT2D eigenvalue weighted by Crippen LogP contribution is -2.32. The Morgan fingerprint density at radius 3 is 2.62 bits per heavy atom. The predicted octanol–water partition coefficient (Wildman–Crippen LogP) is 2.61. The molecule has 2 rings (SSSR count). The molecule has 0 spiro atoms. The highest BCUT2D eigenvalue weighted by atomic mass is 19.4. The first-order chi connectivity index (χ1) is 9.88. The van der Waals surface area contributed by atoms with Crippen molar-refractivity contribution in [3.8, 4) is 0 Å². The van der Waals surface area contributed by atoms with Crippen LogP contribution in [0.1, 0.15) is 29.8 Å². The summed E-state index contributed by atoms with van der Waals surface area (Å²) in [5.74, 6) is 4.64. The Labute approximate surface area is 118 Å². The van der Waals surface area contributed by atoms with Gasteiger partial charge in [-0.05, 0) is 36.8 Å². The van der Waals surface area contributed by atoms with Gasteiger partial charge in [-0.1, -0.05) is 0 Å². The third-order valence-corrected chi connectivity index (χ3v) is 3.14. The van der Waals surface area contributed by atoms with Crippen LogP contribution in [0.25, 0.3) is 0 Å². The molecule has 21 heavy (non-hydrogen) atoms. The number of halogens is 4. The number of hydrogen-bond donors (Lipinski definition) is 2. The van der Waals surface area contributed by atoms with Gasteiger partial charge < -0.3 is 0 Å². The zero-order chi connectivity index (χ0) is 15.6. The predicted molar refractivity (Wildman–Crippen MR) is 68.5 cm³/mol. The number of aromatic nitrogens is 2. The van der Waals surface area contributed by atoms with E-state index in [4.69, 9.17) is 5.84 Å². The minimum absolute atomic E-state index is 0.278. The molecule has 1 heterocycles. The molecule has 0 saturated carbocycles. The maximum absolute atomic E-state index is 13.4. The molecule has 0 saturated heterocycles. The second-order valence-corrected chi connectivity index (χ2v) is 4.40. The Hall–Kier alpha value is -1.93. The van der Waals surface area contributed by atoms with Gasteiger partial charge in [0.05, 0.1) is 17.3 Å². The molecule has 0 bridgehead atoms. The van der Waals surface area contributed by atoms with Crippen molar-refractivity contribution in [2.24, 2.45) is 5.84 Å². The topological polar surface area (TPSA) is 55.9 Å². The average Bonchev–Trinajstić information content (AvgIpc) is 2.86. The fourth-order valence-corrected chi connectivity index (χ4v) is 2.22. The van der Waals surface area contributed by atoms with Crippen molar-refractivity contribution in [2.75, 3.05) is 0 Å². The number of aryl methyl sites for hydroxylation is 1. The third-order valence-electron chi connectivity index (χ3n) is 3.14. The largest absolute Gasteiger partial charge is 0.416 e. The van der Waals surface area contributed by atoms with Gasteiger partial charge in [0.2, 0.25) is 0 Å². The molecule has 1 unspecified atom stereocenters. The zero-order valence-electron chi connectivity index (χ0n) is 11.2. The molecule has 4 nitrogen and oxygen atoms in total. The van der Waals surface area contributed by atoms with Crippen molar-refractivity contribution in [1.29, 1.82) is 0 Å². The molecule has 2 aromatic rings. The lowest BCUT2D eigenvalue weighted by atomic mass is 9.97. The molecule has 0 fully saturated rings. The first-order valence-corrected chi connectivity index (χ1v) is 6.23. The Kier molecular flexibility index (Phi) is 4.29. The number of hydrazine groups is 1. The van der Waals surface area contributed by atoms with E-state index in [1.54, 1.807) is 13.0 Å². The van der Waals surface area contributed by atoms with Crippen molar-refractivity contribution in [3.63, 3.8) is 0 Å². The summed E-state index contributed by atoms with van der Waals surface area (Å²) >= 11 is 0. The van der Waals surface area contributed by atoms with Gasteiger partial charge in [-0.25, -0.2) is 9.82 Å². The minimum atomic E-state index is -4.60. The summed E-state index contributed by atoms with van der Waals surface area (Å²) in [7, 11) is 0. The van der Waals surface area contributed by atoms with Gasteiger partial charge >= 0.3 is 6.18 Å². The molecule has 0 amide bonds. The number of alkyl halides is 3. The maximum atomic E-state index is 13.4. The van der Waals surface area contributed by atoms with Crippen LogP contribution in [0.4, 0.5) is 17.6 Å². The minimum Gasteiger partial charge on any atom is -0.271 e. The number of nitrogens with zero attached hydrogens (tertiary/aromatic N) is 2. The van der Waals surface area contributed by atoms with Crippen molar-refractivity contribution in [3.05, 3.63) is 53.1 Å². The lowest BCUT2D eigenvalue weighted by molar-refractivity contribution is -0.138. The van der Waals surface area contributed by atoms with E-state index >= 15 is 0 Å². The molecule has 0 radical (unpaired) electrons. The Morgan fingerprint density at radius 2 is 2.05 bits per heavy atom. The van der Waals surface area contributed by atoms with Crippen LogP contribution in [0.3, 0.4) is 0 Å². The maximum Gasteiger partial charge on any atom is 0.416 e. The van der Waals surface area contributed by atoms with E-state index in [0.29, 0.717) is 18.3 Å². The van der Waals surface area contributed by atoms with Crippen LogP contribution in [-0.4, -0.2) is 9.78 Å². The van der Waals surface area contributed by atoms with Gasteiger partial charge in [0, 0.05) is 12.7 Å². The molecule has 1 atom stereocenters. The highest BCUT2D eigenvalue weighted by Crippen LogP contribution is 2.36. The second-order valence-electron chi connectivity index (χ2n) is 4.40. The van der Waals surface area contributed by atoms with Gasteiger partial charge in [0.25, 0.3) is 0 Å². The van der Waals surface area contributed by atoms with Gasteiger partial charge in [0.1, 0.15) is 5.82 Å². The quantitative estimate of drug-likeness (QED) is 0.518. The Morgan fingerprint density at radius 1 is 1.33 bits per heavy atom. The molecular weight excluding hydrogens is 288 g/mol. The monoisotopic (exact) mass is 302 g/mol. The average molecular weight is 302 g/mol. The molecule has 114 valence electrons. The molecule has 8 heteroatoms. The summed E-state index contributed by atoms with van der Waals surface area (Å²) < 4.78 is 54.2. The number of hydrogen-bond acceptors (Lipinski definition) is 3. The van der Waals surface area contributed by atoms with Crippen LogP contribution in [0.15, 0.2) is 30.5 Å². The second kappa shape index (κ2) is 5.82. The van der Waals surface area contributed by atoms with E-state index in [9.17, 15) is 17.6 Å².